The van der Waals surface area contributed by atoms with E-state index in [-0.39, 0.29) is 0 Å². The highest BCUT2D eigenvalue weighted by atomic mass is 32.1. The molecule has 0 amide bonds. The Morgan fingerprint density at radius 1 is 1.15 bits per heavy atom. The van der Waals surface area contributed by atoms with Gasteiger partial charge in [-0.3, -0.25) is 4.40 Å². The Morgan fingerprint density at radius 2 is 2.00 bits per heavy atom. The van der Waals surface area contributed by atoms with Crippen LogP contribution >= 0.6 is 11.3 Å². The van der Waals surface area contributed by atoms with Crippen LogP contribution < -0.4 is 0 Å². The number of benzene rings is 1. The van der Waals surface area contributed by atoms with Gasteiger partial charge in [0.25, 0.3) is 0 Å². The summed E-state index contributed by atoms with van der Waals surface area (Å²) in [6.45, 7) is 2.07. The Balaban J connectivity index is 2.00. The van der Waals surface area contributed by atoms with Crippen molar-refractivity contribution >= 4 is 27.2 Å². The number of aromatic nitrogens is 4. The summed E-state index contributed by atoms with van der Waals surface area (Å²) in [5.74, 6) is 0.946. The first-order valence-corrected chi connectivity index (χ1v) is 7.36. The highest BCUT2D eigenvalue weighted by molar-refractivity contribution is 7.21. The summed E-state index contributed by atoms with van der Waals surface area (Å²) in [4.78, 5) is 6.75. The highest BCUT2D eigenvalue weighted by Gasteiger charge is 2.12. The number of fused-ring (bicyclic) bond motifs is 3. The van der Waals surface area contributed by atoms with Gasteiger partial charge in [-0.15, -0.1) is 21.5 Å². The van der Waals surface area contributed by atoms with Crippen molar-refractivity contribution in [3.8, 4) is 10.4 Å². The minimum atomic E-state index is 0.851. The summed E-state index contributed by atoms with van der Waals surface area (Å²) < 4.78 is 1.98. The van der Waals surface area contributed by atoms with E-state index >= 15 is 0 Å². The fourth-order valence-corrected chi connectivity index (χ4v) is 3.36. The summed E-state index contributed by atoms with van der Waals surface area (Å²) >= 11 is 1.69. The molecule has 0 saturated carbocycles. The first-order valence-electron chi connectivity index (χ1n) is 6.54. The van der Waals surface area contributed by atoms with E-state index in [9.17, 15) is 0 Å². The fourth-order valence-electron chi connectivity index (χ4n) is 2.36. The van der Waals surface area contributed by atoms with Gasteiger partial charge in [-0.2, -0.15) is 0 Å². The van der Waals surface area contributed by atoms with Gasteiger partial charge >= 0.3 is 0 Å². The van der Waals surface area contributed by atoms with Gasteiger partial charge in [0.1, 0.15) is 17.0 Å². The van der Waals surface area contributed by atoms with Crippen molar-refractivity contribution < 1.29 is 0 Å². The molecule has 0 atom stereocenters. The van der Waals surface area contributed by atoms with E-state index in [1.54, 1.807) is 11.3 Å². The maximum Gasteiger partial charge on any atom is 0.172 e. The second-order valence-electron chi connectivity index (χ2n) is 4.60. The van der Waals surface area contributed by atoms with Crippen LogP contribution in [0.5, 0.6) is 0 Å². The normalized spacial score (nSPS) is 11.4. The van der Waals surface area contributed by atoms with E-state index in [0.717, 1.165) is 28.1 Å². The molecule has 0 aliphatic carbocycles. The zero-order chi connectivity index (χ0) is 13.5. The Labute approximate surface area is 119 Å². The zero-order valence-corrected chi connectivity index (χ0v) is 11.8. The third kappa shape index (κ3) is 1.63. The molecular weight excluding hydrogens is 268 g/mol. The summed E-state index contributed by atoms with van der Waals surface area (Å²) in [5.41, 5.74) is 2.11. The monoisotopic (exact) mass is 280 g/mol. The Morgan fingerprint density at radius 3 is 2.80 bits per heavy atom. The third-order valence-corrected chi connectivity index (χ3v) is 4.48. The quantitative estimate of drug-likeness (QED) is 0.564. The van der Waals surface area contributed by atoms with Crippen LogP contribution in [0, 0.1) is 0 Å². The van der Waals surface area contributed by atoms with E-state index in [4.69, 9.17) is 0 Å². The molecule has 4 aromatic rings. The minimum absolute atomic E-state index is 0.851. The van der Waals surface area contributed by atoms with Crippen LogP contribution in [0.15, 0.2) is 42.7 Å². The van der Waals surface area contributed by atoms with Crippen molar-refractivity contribution in [2.75, 3.05) is 0 Å². The zero-order valence-electron chi connectivity index (χ0n) is 10.9. The first-order chi connectivity index (χ1) is 9.86. The van der Waals surface area contributed by atoms with Crippen molar-refractivity contribution in [3.63, 3.8) is 0 Å². The van der Waals surface area contributed by atoms with Crippen molar-refractivity contribution in [2.45, 2.75) is 13.3 Å². The number of nitrogens with zero attached hydrogens (tertiary/aromatic N) is 4. The fraction of sp³-hybridized carbons (Fsp3) is 0.133. The Kier molecular flexibility index (Phi) is 2.53. The standard InChI is InChI=1S/C15H12N4S/c1-2-13-17-18-14-11-8-12(10-6-4-3-5-7-10)20-15(11)16-9-19(13)14/h3-9H,2H2,1H3. The van der Waals surface area contributed by atoms with Gasteiger partial charge in [0, 0.05) is 11.3 Å². The van der Waals surface area contributed by atoms with E-state index < -0.39 is 0 Å². The molecule has 5 heteroatoms. The lowest BCUT2D eigenvalue weighted by atomic mass is 10.2. The maximum absolute atomic E-state index is 4.54. The molecular formula is C15H12N4S. The van der Waals surface area contributed by atoms with E-state index in [1.165, 1.54) is 10.4 Å². The van der Waals surface area contributed by atoms with Crippen molar-refractivity contribution in [1.82, 2.24) is 19.6 Å². The molecule has 4 nitrogen and oxygen atoms in total. The van der Waals surface area contributed by atoms with Crippen LogP contribution in [0.2, 0.25) is 0 Å². The summed E-state index contributed by atoms with van der Waals surface area (Å²) in [7, 11) is 0. The summed E-state index contributed by atoms with van der Waals surface area (Å²) in [5, 5.41) is 9.60. The molecule has 3 aromatic heterocycles. The lowest BCUT2D eigenvalue weighted by Gasteiger charge is -1.95. The summed E-state index contributed by atoms with van der Waals surface area (Å²) in [6, 6.07) is 12.5. The van der Waals surface area contributed by atoms with Gasteiger partial charge in [0.15, 0.2) is 5.65 Å². The van der Waals surface area contributed by atoms with Crippen LogP contribution in [0.3, 0.4) is 0 Å². The largest absolute Gasteiger partial charge is 0.269 e. The molecule has 4 rings (SSSR count). The van der Waals surface area contributed by atoms with Gasteiger partial charge < -0.3 is 0 Å². The smallest absolute Gasteiger partial charge is 0.172 e. The summed E-state index contributed by atoms with van der Waals surface area (Å²) in [6.07, 6.45) is 2.67. The van der Waals surface area contributed by atoms with Crippen LogP contribution in [0.25, 0.3) is 26.3 Å². The predicted molar refractivity (Wildman–Crippen MR) is 81.0 cm³/mol. The van der Waals surface area contributed by atoms with Crippen LogP contribution in [0.4, 0.5) is 0 Å². The second-order valence-corrected chi connectivity index (χ2v) is 5.63. The average Bonchev–Trinajstić information content (AvgIpc) is 3.11. The second kappa shape index (κ2) is 4.38. The van der Waals surface area contributed by atoms with Crippen LogP contribution in [0.1, 0.15) is 12.7 Å². The molecule has 0 N–H and O–H groups in total. The van der Waals surface area contributed by atoms with E-state index in [2.05, 4.69) is 52.4 Å². The molecule has 98 valence electrons. The molecule has 0 radical (unpaired) electrons. The molecule has 3 heterocycles. The average molecular weight is 280 g/mol. The molecule has 0 unspecified atom stereocenters. The number of thiophene rings is 1. The van der Waals surface area contributed by atoms with Crippen LogP contribution in [-0.2, 0) is 6.42 Å². The van der Waals surface area contributed by atoms with E-state index in [1.807, 2.05) is 16.8 Å². The van der Waals surface area contributed by atoms with Gasteiger partial charge in [-0.25, -0.2) is 4.98 Å². The number of aryl methyl sites for hydroxylation is 1. The molecule has 0 fully saturated rings. The van der Waals surface area contributed by atoms with Gasteiger partial charge in [-0.1, -0.05) is 37.3 Å². The van der Waals surface area contributed by atoms with Crippen molar-refractivity contribution in [1.29, 1.82) is 0 Å². The third-order valence-electron chi connectivity index (χ3n) is 3.38. The van der Waals surface area contributed by atoms with E-state index in [0.29, 0.717) is 0 Å². The van der Waals surface area contributed by atoms with Gasteiger partial charge in [-0.05, 0) is 11.6 Å². The molecule has 1 aromatic carbocycles. The predicted octanol–water partition coefficient (Wildman–Crippen LogP) is 3.57. The van der Waals surface area contributed by atoms with Crippen molar-refractivity contribution in [3.05, 3.63) is 48.5 Å². The lowest BCUT2D eigenvalue weighted by molar-refractivity contribution is 0.900. The Hall–Kier alpha value is -2.27. The Bertz CT molecular complexity index is 892. The molecule has 20 heavy (non-hydrogen) atoms. The molecule has 0 spiro atoms. The topological polar surface area (TPSA) is 43.1 Å². The molecule has 0 aliphatic heterocycles. The van der Waals surface area contributed by atoms with Gasteiger partial charge in [0.05, 0.1) is 5.39 Å². The molecule has 0 bridgehead atoms. The van der Waals surface area contributed by atoms with Gasteiger partial charge in [0.2, 0.25) is 0 Å². The SMILES string of the molecule is CCc1nnc2c3cc(-c4ccccc4)sc3ncn12. The minimum Gasteiger partial charge on any atom is -0.269 e. The molecule has 0 aliphatic rings. The van der Waals surface area contributed by atoms with Crippen molar-refractivity contribution in [2.24, 2.45) is 0 Å². The first kappa shape index (κ1) is 11.5. The number of hydrogen-bond donors (Lipinski definition) is 0. The molecule has 0 saturated heterocycles. The lowest BCUT2D eigenvalue weighted by Crippen LogP contribution is -1.93. The van der Waals surface area contributed by atoms with Crippen LogP contribution in [-0.4, -0.2) is 19.6 Å². The number of hydrogen-bond acceptors (Lipinski definition) is 4. The number of rotatable bonds is 2. The highest BCUT2D eigenvalue weighted by Crippen LogP contribution is 2.33. The maximum atomic E-state index is 4.54.